The normalized spacial score (nSPS) is 30.7. The zero-order valence-electron chi connectivity index (χ0n) is 13.2. The van der Waals surface area contributed by atoms with Crippen molar-refractivity contribution in [2.75, 3.05) is 24.7 Å². The fourth-order valence-corrected chi connectivity index (χ4v) is 5.28. The number of aryl methyl sites for hydroxylation is 1. The number of hydrogen-bond acceptors (Lipinski definition) is 3. The maximum absolute atomic E-state index is 6.20. The lowest BCUT2D eigenvalue weighted by atomic mass is 9.78. The summed E-state index contributed by atoms with van der Waals surface area (Å²) in [6.45, 7) is 6.41. The molecule has 2 heterocycles. The Labute approximate surface area is 133 Å². The van der Waals surface area contributed by atoms with Gasteiger partial charge in [-0.2, -0.15) is 11.8 Å². The molecule has 0 radical (unpaired) electrons. The van der Waals surface area contributed by atoms with Crippen LogP contribution < -0.4 is 5.32 Å². The summed E-state index contributed by atoms with van der Waals surface area (Å²) in [6, 6.07) is 9.32. The zero-order valence-corrected chi connectivity index (χ0v) is 14.0. The van der Waals surface area contributed by atoms with Crippen LogP contribution in [0, 0.1) is 12.8 Å². The Kier molecular flexibility index (Phi) is 4.92. The first-order valence-electron chi connectivity index (χ1n) is 8.25. The molecule has 2 nitrogen and oxygen atoms in total. The molecule has 2 aliphatic rings. The van der Waals surface area contributed by atoms with E-state index >= 15 is 0 Å². The quantitative estimate of drug-likeness (QED) is 0.910. The molecule has 2 aliphatic heterocycles. The van der Waals surface area contributed by atoms with Crippen molar-refractivity contribution in [3.63, 3.8) is 0 Å². The minimum atomic E-state index is 0.171. The molecule has 2 fully saturated rings. The molecule has 3 unspecified atom stereocenters. The van der Waals surface area contributed by atoms with Crippen molar-refractivity contribution in [2.45, 2.75) is 44.8 Å². The van der Waals surface area contributed by atoms with Gasteiger partial charge in [-0.1, -0.05) is 31.2 Å². The van der Waals surface area contributed by atoms with Crippen LogP contribution in [-0.2, 0) is 4.74 Å². The Morgan fingerprint density at radius 1 is 1.43 bits per heavy atom. The van der Waals surface area contributed by atoms with Gasteiger partial charge in [-0.15, -0.1) is 0 Å². The van der Waals surface area contributed by atoms with Gasteiger partial charge in [-0.3, -0.25) is 0 Å². The van der Waals surface area contributed by atoms with Gasteiger partial charge in [0.05, 0.1) is 5.60 Å². The van der Waals surface area contributed by atoms with Gasteiger partial charge in [-0.25, -0.2) is 0 Å². The molecule has 3 heteroatoms. The second-order valence-electron chi connectivity index (χ2n) is 6.48. The number of thioether (sulfide) groups is 1. The van der Waals surface area contributed by atoms with Gasteiger partial charge in [0, 0.05) is 18.4 Å². The third-order valence-electron chi connectivity index (χ3n) is 5.02. The van der Waals surface area contributed by atoms with E-state index in [1.165, 1.54) is 41.9 Å². The molecule has 21 heavy (non-hydrogen) atoms. The standard InChI is InChI=1S/C18H27NOS/c1-3-19-17(16-7-5-4-6-14(16)2)15-8-10-20-18(12-15)9-11-21-13-18/h4-7,15,17,19H,3,8-13H2,1-2H3. The van der Waals surface area contributed by atoms with E-state index in [1.54, 1.807) is 0 Å². The van der Waals surface area contributed by atoms with Gasteiger partial charge >= 0.3 is 0 Å². The van der Waals surface area contributed by atoms with Gasteiger partial charge in [0.1, 0.15) is 0 Å². The molecule has 0 saturated carbocycles. The number of hydrogen-bond donors (Lipinski definition) is 1. The first-order chi connectivity index (χ1) is 10.2. The molecule has 1 aromatic carbocycles. The van der Waals surface area contributed by atoms with Crippen molar-refractivity contribution in [3.05, 3.63) is 35.4 Å². The summed E-state index contributed by atoms with van der Waals surface area (Å²) < 4.78 is 6.20. The number of rotatable bonds is 4. The zero-order chi connectivity index (χ0) is 14.7. The van der Waals surface area contributed by atoms with E-state index < -0.39 is 0 Å². The average molecular weight is 305 g/mol. The van der Waals surface area contributed by atoms with E-state index in [0.29, 0.717) is 12.0 Å². The van der Waals surface area contributed by atoms with Crippen LogP contribution >= 0.6 is 11.8 Å². The summed E-state index contributed by atoms with van der Waals surface area (Å²) >= 11 is 2.06. The second kappa shape index (κ2) is 6.72. The lowest BCUT2D eigenvalue weighted by molar-refractivity contribution is -0.0853. The molecule has 0 amide bonds. The monoisotopic (exact) mass is 305 g/mol. The fourth-order valence-electron chi connectivity index (χ4n) is 3.90. The van der Waals surface area contributed by atoms with Crippen molar-refractivity contribution in [2.24, 2.45) is 5.92 Å². The molecule has 116 valence electrons. The third-order valence-corrected chi connectivity index (χ3v) is 6.24. The molecular weight excluding hydrogens is 278 g/mol. The Balaban J connectivity index is 1.82. The third kappa shape index (κ3) is 3.30. The van der Waals surface area contributed by atoms with Crippen LogP contribution in [-0.4, -0.2) is 30.3 Å². The highest BCUT2D eigenvalue weighted by molar-refractivity contribution is 7.99. The summed E-state index contributed by atoms with van der Waals surface area (Å²) in [5.41, 5.74) is 3.06. The minimum absolute atomic E-state index is 0.171. The van der Waals surface area contributed by atoms with E-state index in [0.717, 1.165) is 13.2 Å². The second-order valence-corrected chi connectivity index (χ2v) is 7.58. The first-order valence-corrected chi connectivity index (χ1v) is 9.40. The van der Waals surface area contributed by atoms with Crippen LogP contribution in [0.5, 0.6) is 0 Å². The Morgan fingerprint density at radius 2 is 2.29 bits per heavy atom. The van der Waals surface area contributed by atoms with Crippen LogP contribution in [0.25, 0.3) is 0 Å². The van der Waals surface area contributed by atoms with Gasteiger partial charge in [-0.05, 0) is 55.5 Å². The van der Waals surface area contributed by atoms with E-state index in [-0.39, 0.29) is 5.60 Å². The number of ether oxygens (including phenoxy) is 1. The maximum Gasteiger partial charge on any atom is 0.0783 e. The van der Waals surface area contributed by atoms with Crippen molar-refractivity contribution in [1.29, 1.82) is 0 Å². The van der Waals surface area contributed by atoms with E-state index in [1.807, 2.05) is 0 Å². The molecule has 0 aliphatic carbocycles. The smallest absolute Gasteiger partial charge is 0.0783 e. The van der Waals surface area contributed by atoms with Crippen molar-refractivity contribution in [3.8, 4) is 0 Å². The van der Waals surface area contributed by atoms with Crippen molar-refractivity contribution < 1.29 is 4.74 Å². The Hall–Kier alpha value is -0.510. The lowest BCUT2D eigenvalue weighted by Crippen LogP contribution is -2.44. The largest absolute Gasteiger partial charge is 0.374 e. The predicted molar refractivity (Wildman–Crippen MR) is 90.9 cm³/mol. The molecule has 1 spiro atoms. The van der Waals surface area contributed by atoms with Crippen molar-refractivity contribution >= 4 is 11.8 Å². The van der Waals surface area contributed by atoms with Gasteiger partial charge in [0.2, 0.25) is 0 Å². The minimum Gasteiger partial charge on any atom is -0.374 e. The molecule has 1 aromatic rings. The van der Waals surface area contributed by atoms with Gasteiger partial charge in [0.25, 0.3) is 0 Å². The van der Waals surface area contributed by atoms with Crippen LogP contribution in [0.1, 0.15) is 43.4 Å². The topological polar surface area (TPSA) is 21.3 Å². The van der Waals surface area contributed by atoms with Crippen molar-refractivity contribution in [1.82, 2.24) is 5.32 Å². The number of benzene rings is 1. The van der Waals surface area contributed by atoms with Crippen LogP contribution in [0.15, 0.2) is 24.3 Å². The SMILES string of the molecule is CCNC(c1ccccc1C)C1CCOC2(CCSC2)C1. The van der Waals surface area contributed by atoms with Crippen LogP contribution in [0.4, 0.5) is 0 Å². The van der Waals surface area contributed by atoms with E-state index in [4.69, 9.17) is 4.74 Å². The molecule has 3 atom stereocenters. The highest BCUT2D eigenvalue weighted by Crippen LogP contribution is 2.44. The van der Waals surface area contributed by atoms with Crippen LogP contribution in [0.3, 0.4) is 0 Å². The summed E-state index contributed by atoms with van der Waals surface area (Å²) in [5.74, 6) is 3.15. The maximum atomic E-state index is 6.20. The average Bonchev–Trinajstić information content (AvgIpc) is 2.93. The molecule has 2 saturated heterocycles. The van der Waals surface area contributed by atoms with Gasteiger partial charge < -0.3 is 10.1 Å². The Morgan fingerprint density at radius 3 is 3.00 bits per heavy atom. The predicted octanol–water partition coefficient (Wildman–Crippen LogP) is 3.95. The lowest BCUT2D eigenvalue weighted by Gasteiger charge is -2.41. The summed E-state index contributed by atoms with van der Waals surface area (Å²) in [6.07, 6.45) is 3.63. The summed E-state index contributed by atoms with van der Waals surface area (Å²) in [4.78, 5) is 0. The Bertz CT molecular complexity index is 470. The highest BCUT2D eigenvalue weighted by atomic mass is 32.2. The molecule has 0 aromatic heterocycles. The van der Waals surface area contributed by atoms with Gasteiger partial charge in [0.15, 0.2) is 0 Å². The van der Waals surface area contributed by atoms with Crippen LogP contribution in [0.2, 0.25) is 0 Å². The summed E-state index contributed by atoms with van der Waals surface area (Å²) in [7, 11) is 0. The molecule has 1 N–H and O–H groups in total. The highest BCUT2D eigenvalue weighted by Gasteiger charge is 2.42. The molecule has 3 rings (SSSR count). The molecular formula is C18H27NOS. The first kappa shape index (κ1) is 15.4. The van der Waals surface area contributed by atoms with E-state index in [9.17, 15) is 0 Å². The number of nitrogens with one attached hydrogen (secondary N) is 1. The van der Waals surface area contributed by atoms with E-state index in [2.05, 4.69) is 55.2 Å². The summed E-state index contributed by atoms with van der Waals surface area (Å²) in [5, 5.41) is 3.75. The fraction of sp³-hybridized carbons (Fsp3) is 0.667. The molecule has 0 bridgehead atoms.